The Balaban J connectivity index is 2.23. The maximum absolute atomic E-state index is 12.5. The van der Waals surface area contributed by atoms with Gasteiger partial charge in [0.2, 0.25) is 0 Å². The fraction of sp³-hybridized carbons (Fsp3) is 0. The predicted molar refractivity (Wildman–Crippen MR) is 74.8 cm³/mol. The van der Waals surface area contributed by atoms with E-state index in [1.54, 1.807) is 36.4 Å². The first-order valence-corrected chi connectivity index (χ1v) is 6.02. The van der Waals surface area contributed by atoms with Crippen molar-refractivity contribution in [3.8, 4) is 0 Å². The molecule has 0 aliphatic heterocycles. The van der Waals surface area contributed by atoms with E-state index in [1.807, 2.05) is 6.07 Å². The zero-order valence-electron chi connectivity index (χ0n) is 10.4. The quantitative estimate of drug-likeness (QED) is 0.449. The maximum Gasteiger partial charge on any atom is 0.279 e. The smallest absolute Gasteiger partial charge is 0.279 e. The van der Waals surface area contributed by atoms with Gasteiger partial charge in [0, 0.05) is 17.8 Å². The molecule has 0 radical (unpaired) electrons. The van der Waals surface area contributed by atoms with Crippen LogP contribution in [0, 0.1) is 10.1 Å². The standard InChI is InChI=1S/C15H10N2O3/c18-15(10-5-2-1-3-6-10)11-9-16-12-7-4-8-13(14(11)12)17(19)20/h1-9,16H. The number of rotatable bonds is 3. The molecule has 0 saturated heterocycles. The number of nitrogens with one attached hydrogen (secondary N) is 1. The lowest BCUT2D eigenvalue weighted by molar-refractivity contribution is -0.383. The van der Waals surface area contributed by atoms with Gasteiger partial charge in [0.25, 0.3) is 5.69 Å². The molecule has 1 N–H and O–H groups in total. The molecular weight excluding hydrogens is 256 g/mol. The Kier molecular flexibility index (Phi) is 2.80. The summed E-state index contributed by atoms with van der Waals surface area (Å²) >= 11 is 0. The van der Waals surface area contributed by atoms with Gasteiger partial charge >= 0.3 is 0 Å². The third-order valence-corrected chi connectivity index (χ3v) is 3.16. The summed E-state index contributed by atoms with van der Waals surface area (Å²) in [5, 5.41) is 11.5. The van der Waals surface area contributed by atoms with Crippen molar-refractivity contribution in [2.75, 3.05) is 0 Å². The van der Waals surface area contributed by atoms with E-state index in [9.17, 15) is 14.9 Å². The van der Waals surface area contributed by atoms with Gasteiger partial charge in [-0.25, -0.2) is 0 Å². The highest BCUT2D eigenvalue weighted by molar-refractivity contribution is 6.18. The number of carbonyl (C=O) groups is 1. The van der Waals surface area contributed by atoms with Crippen molar-refractivity contribution in [1.82, 2.24) is 4.98 Å². The van der Waals surface area contributed by atoms with Crippen LogP contribution in [0.25, 0.3) is 10.9 Å². The van der Waals surface area contributed by atoms with E-state index in [4.69, 9.17) is 0 Å². The summed E-state index contributed by atoms with van der Waals surface area (Å²) in [7, 11) is 0. The number of H-pyrrole nitrogens is 1. The van der Waals surface area contributed by atoms with Crippen molar-refractivity contribution in [2.24, 2.45) is 0 Å². The number of aromatic nitrogens is 1. The number of aromatic amines is 1. The van der Waals surface area contributed by atoms with Crippen LogP contribution in [0.3, 0.4) is 0 Å². The molecule has 3 aromatic rings. The molecule has 5 heteroatoms. The van der Waals surface area contributed by atoms with Crippen molar-refractivity contribution < 1.29 is 9.72 Å². The molecule has 0 aliphatic carbocycles. The summed E-state index contributed by atoms with van der Waals surface area (Å²) in [4.78, 5) is 26.0. The zero-order valence-corrected chi connectivity index (χ0v) is 10.4. The minimum absolute atomic E-state index is 0.0666. The van der Waals surface area contributed by atoms with Gasteiger partial charge in [0.15, 0.2) is 5.78 Å². The average molecular weight is 266 g/mol. The van der Waals surface area contributed by atoms with Gasteiger partial charge in [-0.15, -0.1) is 0 Å². The third kappa shape index (κ3) is 1.85. The molecule has 20 heavy (non-hydrogen) atoms. The number of fused-ring (bicyclic) bond motifs is 1. The van der Waals surface area contributed by atoms with Crippen LogP contribution >= 0.6 is 0 Å². The predicted octanol–water partition coefficient (Wildman–Crippen LogP) is 3.31. The van der Waals surface area contributed by atoms with Gasteiger partial charge in [0.05, 0.1) is 21.4 Å². The molecule has 1 heterocycles. The number of hydrogen-bond donors (Lipinski definition) is 1. The summed E-state index contributed by atoms with van der Waals surface area (Å²) in [6.07, 6.45) is 1.52. The number of ketones is 1. The lowest BCUT2D eigenvalue weighted by Crippen LogP contribution is -2.01. The van der Waals surface area contributed by atoms with Crippen LogP contribution in [0.1, 0.15) is 15.9 Å². The van der Waals surface area contributed by atoms with E-state index < -0.39 is 4.92 Å². The molecule has 5 nitrogen and oxygen atoms in total. The van der Waals surface area contributed by atoms with Crippen molar-refractivity contribution in [2.45, 2.75) is 0 Å². The molecule has 3 rings (SSSR count). The minimum Gasteiger partial charge on any atom is -0.360 e. The highest BCUT2D eigenvalue weighted by Crippen LogP contribution is 2.29. The van der Waals surface area contributed by atoms with E-state index in [-0.39, 0.29) is 11.5 Å². The second-order valence-corrected chi connectivity index (χ2v) is 4.35. The first-order valence-electron chi connectivity index (χ1n) is 6.02. The second-order valence-electron chi connectivity index (χ2n) is 4.35. The van der Waals surface area contributed by atoms with Gasteiger partial charge < -0.3 is 4.98 Å². The molecular formula is C15H10N2O3. The van der Waals surface area contributed by atoms with Crippen LogP contribution in [0.15, 0.2) is 54.7 Å². The van der Waals surface area contributed by atoms with E-state index in [0.717, 1.165) is 0 Å². The lowest BCUT2D eigenvalue weighted by atomic mass is 10.0. The van der Waals surface area contributed by atoms with Crippen LogP contribution in [-0.4, -0.2) is 15.7 Å². The van der Waals surface area contributed by atoms with Gasteiger partial charge in [-0.05, 0) is 6.07 Å². The Morgan fingerprint density at radius 2 is 1.80 bits per heavy atom. The van der Waals surface area contributed by atoms with Crippen molar-refractivity contribution in [3.05, 3.63) is 76.0 Å². The molecule has 0 amide bonds. The molecule has 0 fully saturated rings. The van der Waals surface area contributed by atoms with Gasteiger partial charge in [-0.3, -0.25) is 14.9 Å². The Hall–Kier alpha value is -2.95. The summed E-state index contributed by atoms with van der Waals surface area (Å²) in [5.41, 5.74) is 1.34. The van der Waals surface area contributed by atoms with Gasteiger partial charge in [0.1, 0.15) is 0 Å². The summed E-state index contributed by atoms with van der Waals surface area (Å²) in [6.45, 7) is 0. The Labute approximate surface area is 114 Å². The largest absolute Gasteiger partial charge is 0.360 e. The number of nitro benzene ring substituents is 1. The fourth-order valence-electron chi connectivity index (χ4n) is 2.24. The Bertz CT molecular complexity index is 806. The topological polar surface area (TPSA) is 76.0 Å². The third-order valence-electron chi connectivity index (χ3n) is 3.16. The van der Waals surface area contributed by atoms with Gasteiger partial charge in [-0.2, -0.15) is 0 Å². The van der Waals surface area contributed by atoms with Crippen LogP contribution in [-0.2, 0) is 0 Å². The van der Waals surface area contributed by atoms with E-state index in [2.05, 4.69) is 4.98 Å². The van der Waals surface area contributed by atoms with E-state index in [0.29, 0.717) is 22.0 Å². The van der Waals surface area contributed by atoms with E-state index in [1.165, 1.54) is 12.3 Å². The molecule has 0 atom stereocenters. The average Bonchev–Trinajstić information content (AvgIpc) is 2.91. The SMILES string of the molecule is O=C(c1ccccc1)c1c[nH]c2cccc([N+](=O)[O-])c12. The molecule has 0 unspecified atom stereocenters. The molecule has 0 saturated carbocycles. The molecule has 0 bridgehead atoms. The normalized spacial score (nSPS) is 10.6. The molecule has 2 aromatic carbocycles. The number of hydrogen-bond acceptors (Lipinski definition) is 3. The monoisotopic (exact) mass is 266 g/mol. The highest BCUT2D eigenvalue weighted by atomic mass is 16.6. The fourth-order valence-corrected chi connectivity index (χ4v) is 2.24. The number of nitrogens with zero attached hydrogens (tertiary/aromatic N) is 1. The molecule has 0 aliphatic rings. The van der Waals surface area contributed by atoms with Gasteiger partial charge in [-0.1, -0.05) is 36.4 Å². The summed E-state index contributed by atoms with van der Waals surface area (Å²) in [6, 6.07) is 13.4. The van der Waals surface area contributed by atoms with E-state index >= 15 is 0 Å². The first-order chi connectivity index (χ1) is 9.68. The lowest BCUT2D eigenvalue weighted by Gasteiger charge is -2.00. The number of non-ortho nitro benzene ring substituents is 1. The number of benzene rings is 2. The number of nitro groups is 1. The highest BCUT2D eigenvalue weighted by Gasteiger charge is 2.21. The number of carbonyl (C=O) groups excluding carboxylic acids is 1. The van der Waals surface area contributed by atoms with Crippen LogP contribution in [0.2, 0.25) is 0 Å². The first kappa shape index (κ1) is 12.1. The summed E-state index contributed by atoms with van der Waals surface area (Å²) in [5.74, 6) is -0.230. The Morgan fingerprint density at radius 1 is 1.05 bits per heavy atom. The van der Waals surface area contributed by atoms with Crippen LogP contribution < -0.4 is 0 Å². The molecule has 98 valence electrons. The zero-order chi connectivity index (χ0) is 14.1. The Morgan fingerprint density at radius 3 is 2.50 bits per heavy atom. The summed E-state index contributed by atoms with van der Waals surface area (Å²) < 4.78 is 0. The second kappa shape index (κ2) is 4.62. The van der Waals surface area contributed by atoms with Crippen LogP contribution in [0.5, 0.6) is 0 Å². The molecule has 0 spiro atoms. The molecule has 1 aromatic heterocycles. The van der Waals surface area contributed by atoms with Crippen molar-refractivity contribution >= 4 is 22.4 Å². The van der Waals surface area contributed by atoms with Crippen molar-refractivity contribution in [1.29, 1.82) is 0 Å². The van der Waals surface area contributed by atoms with Crippen LogP contribution in [0.4, 0.5) is 5.69 Å². The maximum atomic E-state index is 12.5. The minimum atomic E-state index is -0.474. The van der Waals surface area contributed by atoms with Crippen molar-refractivity contribution in [3.63, 3.8) is 0 Å².